The van der Waals surface area contributed by atoms with Crippen molar-refractivity contribution in [1.82, 2.24) is 20.1 Å². The number of aromatic nitrogens is 3. The number of nitrogens with one attached hydrogen (secondary N) is 1. The van der Waals surface area contributed by atoms with Crippen LogP contribution >= 0.6 is 0 Å². The van der Waals surface area contributed by atoms with Crippen LogP contribution in [0.3, 0.4) is 0 Å². The fraction of sp³-hybridized carbons (Fsp3) is 0.381. The highest BCUT2D eigenvalue weighted by atomic mass is 19.1. The molecule has 3 aromatic rings. The molecule has 1 aliphatic rings. The number of halogens is 1. The van der Waals surface area contributed by atoms with Gasteiger partial charge in [0.05, 0.1) is 16.6 Å². The minimum Gasteiger partial charge on any atom is -0.371 e. The summed E-state index contributed by atoms with van der Waals surface area (Å²) in [7, 11) is 1.84. The van der Waals surface area contributed by atoms with Gasteiger partial charge >= 0.3 is 0 Å². The average molecular weight is 381 g/mol. The van der Waals surface area contributed by atoms with Crippen LogP contribution in [0.1, 0.15) is 28.2 Å². The Bertz CT molecular complexity index is 1030. The maximum atomic E-state index is 13.1. The molecule has 1 unspecified atom stereocenters. The van der Waals surface area contributed by atoms with E-state index in [4.69, 9.17) is 0 Å². The van der Waals surface area contributed by atoms with Crippen LogP contribution in [0.2, 0.25) is 0 Å². The molecular formula is C21H24FN5O. The third-order valence-corrected chi connectivity index (χ3v) is 5.37. The molecule has 0 bridgehead atoms. The second-order valence-electron chi connectivity index (χ2n) is 7.51. The number of rotatable bonds is 4. The second-order valence-corrected chi connectivity index (χ2v) is 7.51. The van der Waals surface area contributed by atoms with E-state index in [1.165, 1.54) is 12.1 Å². The Kier molecular flexibility index (Phi) is 4.75. The van der Waals surface area contributed by atoms with E-state index in [9.17, 15) is 9.18 Å². The fourth-order valence-corrected chi connectivity index (χ4v) is 3.97. The topological polar surface area (TPSA) is 63.1 Å². The van der Waals surface area contributed by atoms with Crippen molar-refractivity contribution in [2.75, 3.05) is 24.5 Å². The van der Waals surface area contributed by atoms with Gasteiger partial charge in [0.25, 0.3) is 5.91 Å². The van der Waals surface area contributed by atoms with Crippen molar-refractivity contribution >= 4 is 22.6 Å². The number of carbonyl (C=O) groups is 1. The Morgan fingerprint density at radius 2 is 2.04 bits per heavy atom. The molecule has 1 aromatic carbocycles. The van der Waals surface area contributed by atoms with E-state index in [2.05, 4.69) is 20.3 Å². The van der Waals surface area contributed by atoms with E-state index in [-0.39, 0.29) is 11.7 Å². The summed E-state index contributed by atoms with van der Waals surface area (Å²) < 4.78 is 14.8. The summed E-state index contributed by atoms with van der Waals surface area (Å²) in [5, 5.41) is 8.30. The van der Waals surface area contributed by atoms with Crippen LogP contribution in [0, 0.1) is 25.6 Å². The Hall–Kier alpha value is -2.96. The van der Waals surface area contributed by atoms with Gasteiger partial charge in [-0.25, -0.2) is 9.37 Å². The lowest BCUT2D eigenvalue weighted by Crippen LogP contribution is -2.31. The number of fused-ring (bicyclic) bond motifs is 1. The van der Waals surface area contributed by atoms with Gasteiger partial charge in [-0.15, -0.1) is 0 Å². The monoisotopic (exact) mass is 381 g/mol. The highest BCUT2D eigenvalue weighted by Crippen LogP contribution is 2.24. The molecule has 1 amide bonds. The zero-order valence-corrected chi connectivity index (χ0v) is 16.4. The highest BCUT2D eigenvalue weighted by molar-refractivity contribution is 6.06. The van der Waals surface area contributed by atoms with E-state index >= 15 is 0 Å². The number of hydrogen-bond donors (Lipinski definition) is 1. The molecule has 28 heavy (non-hydrogen) atoms. The van der Waals surface area contributed by atoms with Crippen molar-refractivity contribution in [2.45, 2.75) is 20.3 Å². The van der Waals surface area contributed by atoms with Crippen molar-refractivity contribution in [3.8, 4) is 0 Å². The summed E-state index contributed by atoms with van der Waals surface area (Å²) in [5.41, 5.74) is 3.97. The van der Waals surface area contributed by atoms with Crippen LogP contribution in [0.5, 0.6) is 0 Å². The lowest BCUT2D eigenvalue weighted by atomic mass is 10.1. The smallest absolute Gasteiger partial charge is 0.252 e. The van der Waals surface area contributed by atoms with Crippen LogP contribution in [0.25, 0.3) is 11.0 Å². The van der Waals surface area contributed by atoms with Crippen LogP contribution in [-0.4, -0.2) is 40.3 Å². The van der Waals surface area contributed by atoms with Gasteiger partial charge in [-0.2, -0.15) is 5.10 Å². The Morgan fingerprint density at radius 3 is 2.79 bits per heavy atom. The standard InChI is InChI=1S/C21H24FN5O/c1-13-10-18(19-14(2)25-26(3)20(19)24-13)21(28)23-11-15-8-9-27(12-15)17-6-4-16(22)5-7-17/h4-7,10,15H,8-9,11-12H2,1-3H3,(H,23,28). The molecule has 1 saturated heterocycles. The van der Waals surface area contributed by atoms with E-state index in [1.54, 1.807) is 16.8 Å². The molecule has 4 rings (SSSR count). The second kappa shape index (κ2) is 7.22. The van der Waals surface area contributed by atoms with Crippen molar-refractivity contribution in [2.24, 2.45) is 13.0 Å². The van der Waals surface area contributed by atoms with Gasteiger partial charge in [0.2, 0.25) is 0 Å². The predicted octanol–water partition coefficient (Wildman–Crippen LogP) is 2.98. The minimum atomic E-state index is -0.226. The van der Waals surface area contributed by atoms with Crippen LogP contribution in [0.4, 0.5) is 10.1 Å². The molecule has 1 fully saturated rings. The largest absolute Gasteiger partial charge is 0.371 e. The first-order chi connectivity index (χ1) is 13.4. The lowest BCUT2D eigenvalue weighted by Gasteiger charge is -2.19. The lowest BCUT2D eigenvalue weighted by molar-refractivity contribution is 0.0949. The molecule has 0 saturated carbocycles. The first kappa shape index (κ1) is 18.4. The van der Waals surface area contributed by atoms with Gasteiger partial charge in [0.1, 0.15) is 5.82 Å². The predicted molar refractivity (Wildman–Crippen MR) is 107 cm³/mol. The van der Waals surface area contributed by atoms with E-state index < -0.39 is 0 Å². The molecular weight excluding hydrogens is 357 g/mol. The number of benzene rings is 1. The first-order valence-corrected chi connectivity index (χ1v) is 9.52. The fourth-order valence-electron chi connectivity index (χ4n) is 3.97. The molecule has 2 aromatic heterocycles. The Balaban J connectivity index is 1.44. The number of hydrogen-bond acceptors (Lipinski definition) is 4. The number of anilines is 1. The average Bonchev–Trinajstić information content (AvgIpc) is 3.25. The minimum absolute atomic E-state index is 0.0909. The van der Waals surface area contributed by atoms with Crippen LogP contribution in [-0.2, 0) is 7.05 Å². The van der Waals surface area contributed by atoms with Gasteiger partial charge in [-0.05, 0) is 56.5 Å². The molecule has 0 radical (unpaired) electrons. The first-order valence-electron chi connectivity index (χ1n) is 9.52. The number of amides is 1. The molecule has 1 N–H and O–H groups in total. The zero-order valence-electron chi connectivity index (χ0n) is 16.4. The molecule has 3 heterocycles. The van der Waals surface area contributed by atoms with Gasteiger partial charge in [0, 0.05) is 38.1 Å². The molecule has 0 spiro atoms. The maximum absolute atomic E-state index is 13.1. The van der Waals surface area contributed by atoms with Gasteiger partial charge < -0.3 is 10.2 Å². The number of nitrogens with zero attached hydrogens (tertiary/aromatic N) is 4. The molecule has 1 atom stereocenters. The Morgan fingerprint density at radius 1 is 1.29 bits per heavy atom. The summed E-state index contributed by atoms with van der Waals surface area (Å²) in [5.74, 6) is 0.0469. The van der Waals surface area contributed by atoms with E-state index in [0.717, 1.165) is 47.6 Å². The van der Waals surface area contributed by atoms with Crippen LogP contribution in [0.15, 0.2) is 30.3 Å². The molecule has 1 aliphatic heterocycles. The van der Waals surface area contributed by atoms with Crippen LogP contribution < -0.4 is 10.2 Å². The number of aryl methyl sites for hydroxylation is 3. The summed E-state index contributed by atoms with van der Waals surface area (Å²) in [6.45, 7) is 6.15. The summed E-state index contributed by atoms with van der Waals surface area (Å²) >= 11 is 0. The molecule has 146 valence electrons. The third kappa shape index (κ3) is 3.44. The van der Waals surface area contributed by atoms with Gasteiger partial charge in [0.15, 0.2) is 5.65 Å². The maximum Gasteiger partial charge on any atom is 0.252 e. The summed E-state index contributed by atoms with van der Waals surface area (Å²) in [6, 6.07) is 8.40. The van der Waals surface area contributed by atoms with Gasteiger partial charge in [-0.3, -0.25) is 9.48 Å². The Labute approximate surface area is 163 Å². The molecule has 6 nitrogen and oxygen atoms in total. The SMILES string of the molecule is Cc1cc(C(=O)NCC2CCN(c3ccc(F)cc3)C2)c2c(C)nn(C)c2n1. The highest BCUT2D eigenvalue weighted by Gasteiger charge is 2.24. The zero-order chi connectivity index (χ0) is 19.8. The molecule has 7 heteroatoms. The van der Waals surface area contributed by atoms with Crippen molar-refractivity contribution in [1.29, 1.82) is 0 Å². The normalized spacial score (nSPS) is 16.7. The quantitative estimate of drug-likeness (QED) is 0.755. The summed E-state index contributed by atoms with van der Waals surface area (Å²) in [4.78, 5) is 19.6. The van der Waals surface area contributed by atoms with Gasteiger partial charge in [-0.1, -0.05) is 0 Å². The van der Waals surface area contributed by atoms with Crippen molar-refractivity contribution in [3.63, 3.8) is 0 Å². The van der Waals surface area contributed by atoms with Crippen molar-refractivity contribution in [3.05, 3.63) is 53.1 Å². The summed E-state index contributed by atoms with van der Waals surface area (Å²) in [6.07, 6.45) is 0.994. The number of pyridine rings is 1. The third-order valence-electron chi connectivity index (χ3n) is 5.37. The van der Waals surface area contributed by atoms with E-state index in [1.807, 2.05) is 27.0 Å². The number of carbonyl (C=O) groups excluding carboxylic acids is 1. The van der Waals surface area contributed by atoms with Crippen molar-refractivity contribution < 1.29 is 9.18 Å². The molecule has 0 aliphatic carbocycles. The van der Waals surface area contributed by atoms with E-state index in [0.29, 0.717) is 18.0 Å².